The Hall–Kier alpha value is -4.63. The number of quaternary nitrogens is 1. The number of unbranched alkanes of at least 4 members (excludes halogenated alkanes) is 16. The minimum absolute atomic E-state index is 0.0187. The van der Waals surface area contributed by atoms with Gasteiger partial charge in [0.25, 0.3) is 0 Å². The number of carbonyl (C=O) groups is 2. The second-order valence-corrected chi connectivity index (χ2v) is 23.8. The fourth-order valence-corrected chi connectivity index (χ4v) is 9.01. The number of phosphoric acid groups is 1. The maximum absolute atomic E-state index is 12.9. The number of carbonyl (C=O) groups excluding carboxylic acids is 2. The first-order valence-corrected chi connectivity index (χ1v) is 34.4. The Bertz CT molecular complexity index is 2020. The molecule has 2 atom stereocenters. The third-order valence-electron chi connectivity index (χ3n) is 13.2. The minimum Gasteiger partial charge on any atom is -0.462 e. The Labute approximate surface area is 515 Å². The fourth-order valence-electron chi connectivity index (χ4n) is 8.27. The summed E-state index contributed by atoms with van der Waals surface area (Å²) in [7, 11) is 1.44. The van der Waals surface area contributed by atoms with Gasteiger partial charge in [-0.2, -0.15) is 0 Å². The molecule has 0 saturated heterocycles. The highest BCUT2D eigenvalue weighted by atomic mass is 31.2. The summed E-state index contributed by atoms with van der Waals surface area (Å²) in [5.41, 5.74) is 0. The molecule has 9 nitrogen and oxygen atoms in total. The molecule has 474 valence electrons. The molecule has 0 aliphatic carbocycles. The van der Waals surface area contributed by atoms with E-state index in [-0.39, 0.29) is 32.0 Å². The molecule has 0 saturated carbocycles. The third kappa shape index (κ3) is 66.5. The van der Waals surface area contributed by atoms with Crippen molar-refractivity contribution in [3.05, 3.63) is 170 Å². The van der Waals surface area contributed by atoms with Gasteiger partial charge in [-0.1, -0.05) is 261 Å². The van der Waals surface area contributed by atoms with E-state index >= 15 is 0 Å². The maximum Gasteiger partial charge on any atom is 0.472 e. The van der Waals surface area contributed by atoms with E-state index in [2.05, 4.69) is 184 Å². The number of likely N-dealkylation sites (N-methyl/N-ethyl adjacent to an activating group) is 1. The highest BCUT2D eigenvalue weighted by Gasteiger charge is 2.27. The zero-order chi connectivity index (χ0) is 61.2. The van der Waals surface area contributed by atoms with Gasteiger partial charge in [0, 0.05) is 12.8 Å². The van der Waals surface area contributed by atoms with Gasteiger partial charge >= 0.3 is 19.8 Å². The van der Waals surface area contributed by atoms with E-state index in [1.54, 1.807) is 0 Å². The third-order valence-corrected chi connectivity index (χ3v) is 14.2. The molecule has 0 aromatic carbocycles. The van der Waals surface area contributed by atoms with Gasteiger partial charge in [0.15, 0.2) is 6.10 Å². The van der Waals surface area contributed by atoms with Crippen molar-refractivity contribution in [1.82, 2.24) is 0 Å². The lowest BCUT2D eigenvalue weighted by Crippen LogP contribution is -2.37. The monoisotopic (exact) mass is 1180 g/mol. The molecule has 0 radical (unpaired) electrons. The van der Waals surface area contributed by atoms with Crippen molar-refractivity contribution in [2.75, 3.05) is 47.5 Å². The van der Waals surface area contributed by atoms with Crippen LogP contribution >= 0.6 is 7.82 Å². The lowest BCUT2D eigenvalue weighted by atomic mass is 10.0. The summed E-state index contributed by atoms with van der Waals surface area (Å²) in [5, 5.41) is 0. The SMILES string of the molecule is CC/C=C\C/C=C\C/C=C\C/C=C\C/C=C\C/C=C\C/C=C\C/C=C\CCCCCCCCCCCCC(=O)OC(COC(=O)CCCCCCCC/C=C\C/C=C\C/C=C\C/C=C\C/C=C\C/C=C\CC)COP(=O)(O)OCC[N+](C)(C)C. The highest BCUT2D eigenvalue weighted by molar-refractivity contribution is 7.47. The number of esters is 2. The molecular formula is C74H121NO8P+. The van der Waals surface area contributed by atoms with E-state index in [1.807, 2.05) is 21.1 Å². The normalized spacial score (nSPS) is 14.3. The number of rotatable bonds is 58. The van der Waals surface area contributed by atoms with Gasteiger partial charge in [0.05, 0.1) is 27.7 Å². The van der Waals surface area contributed by atoms with Crippen LogP contribution < -0.4 is 0 Å². The van der Waals surface area contributed by atoms with Gasteiger partial charge in [0.1, 0.15) is 19.8 Å². The second kappa shape index (κ2) is 62.9. The van der Waals surface area contributed by atoms with E-state index in [4.69, 9.17) is 18.5 Å². The zero-order valence-electron chi connectivity index (χ0n) is 53.8. The van der Waals surface area contributed by atoms with Crippen molar-refractivity contribution in [2.45, 2.75) is 238 Å². The van der Waals surface area contributed by atoms with Gasteiger partial charge in [-0.3, -0.25) is 18.6 Å². The van der Waals surface area contributed by atoms with Crippen LogP contribution in [0.25, 0.3) is 0 Å². The first kappa shape index (κ1) is 79.4. The molecule has 0 aliphatic heterocycles. The van der Waals surface area contributed by atoms with Crippen LogP contribution in [0.15, 0.2) is 170 Å². The molecule has 1 N–H and O–H groups in total. The lowest BCUT2D eigenvalue weighted by molar-refractivity contribution is -0.870. The Balaban J connectivity index is 4.19. The van der Waals surface area contributed by atoms with Gasteiger partial charge in [0.2, 0.25) is 0 Å². The van der Waals surface area contributed by atoms with E-state index in [1.165, 1.54) is 38.5 Å². The molecule has 0 fully saturated rings. The molecule has 10 heteroatoms. The molecule has 0 rings (SSSR count). The molecule has 84 heavy (non-hydrogen) atoms. The molecule has 0 heterocycles. The van der Waals surface area contributed by atoms with Crippen LogP contribution in [-0.4, -0.2) is 74.9 Å². The summed E-state index contributed by atoms with van der Waals surface area (Å²) < 4.78 is 34.6. The van der Waals surface area contributed by atoms with Crippen LogP contribution in [0, 0.1) is 0 Å². The van der Waals surface area contributed by atoms with Crippen molar-refractivity contribution in [3.63, 3.8) is 0 Å². The van der Waals surface area contributed by atoms with E-state index in [0.29, 0.717) is 23.9 Å². The van der Waals surface area contributed by atoms with Crippen LogP contribution in [0.2, 0.25) is 0 Å². The van der Waals surface area contributed by atoms with Crippen LogP contribution in [0.5, 0.6) is 0 Å². The average molecular weight is 1180 g/mol. The van der Waals surface area contributed by atoms with Gasteiger partial charge in [-0.25, -0.2) is 4.57 Å². The topological polar surface area (TPSA) is 108 Å². The Morgan fingerprint density at radius 1 is 0.369 bits per heavy atom. The standard InChI is InChI=1S/C74H120NO8P/c1-6-8-10-12-14-16-18-20-22-24-26-28-30-32-33-34-35-36-37-38-39-40-41-43-45-47-49-51-53-55-57-59-61-63-65-67-74(77)83-72(71-82-84(78,79)81-69-68-75(3,4)5)70-80-73(76)66-64-62-60-58-56-54-52-50-48-46-44-42-31-29-27-25-23-21-19-17-15-13-11-9-7-2/h8-11,14-17,20-23,26-29,32-33,35-36,38-39,41-44,48,50,72H,6-7,12-13,18-19,24-25,30-31,34,37,40,45-47,49,51-71H2,1-5H3/p+1/b10-8-,11-9-,16-14-,17-15-,22-20-,23-21-,28-26-,29-27-,33-32-,36-35-,39-38-,43-41-,44-42-,50-48-. The first-order valence-electron chi connectivity index (χ1n) is 32.9. The largest absolute Gasteiger partial charge is 0.472 e. The second-order valence-electron chi connectivity index (χ2n) is 22.4. The zero-order valence-corrected chi connectivity index (χ0v) is 54.7. The average Bonchev–Trinajstić information content (AvgIpc) is 3.61. The molecule has 0 aromatic heterocycles. The molecule has 0 aromatic rings. The first-order chi connectivity index (χ1) is 41.0. The van der Waals surface area contributed by atoms with E-state index in [0.717, 1.165) is 154 Å². The maximum atomic E-state index is 12.9. The smallest absolute Gasteiger partial charge is 0.462 e. The number of hydrogen-bond acceptors (Lipinski definition) is 7. The molecule has 2 unspecified atom stereocenters. The van der Waals surface area contributed by atoms with Crippen LogP contribution in [0.4, 0.5) is 0 Å². The van der Waals surface area contributed by atoms with Crippen LogP contribution in [0.3, 0.4) is 0 Å². The summed E-state index contributed by atoms with van der Waals surface area (Å²) in [6.07, 6.45) is 95.7. The van der Waals surface area contributed by atoms with Gasteiger partial charge in [-0.05, 0) is 128 Å². The Morgan fingerprint density at radius 3 is 0.952 bits per heavy atom. The minimum atomic E-state index is -4.41. The fraction of sp³-hybridized carbons (Fsp3) is 0.595. The number of phosphoric ester groups is 1. The van der Waals surface area contributed by atoms with Crippen LogP contribution in [-0.2, 0) is 32.7 Å². The van der Waals surface area contributed by atoms with Crippen molar-refractivity contribution >= 4 is 19.8 Å². The predicted molar refractivity (Wildman–Crippen MR) is 362 cm³/mol. The van der Waals surface area contributed by atoms with Crippen LogP contribution in [0.1, 0.15) is 232 Å². The number of nitrogens with zero attached hydrogens (tertiary/aromatic N) is 1. The molecular weight excluding hydrogens is 1060 g/mol. The molecule has 0 aliphatic rings. The summed E-state index contributed by atoms with van der Waals surface area (Å²) in [4.78, 5) is 35.8. The number of ether oxygens (including phenoxy) is 2. The molecule has 0 bridgehead atoms. The number of allylic oxidation sites excluding steroid dienone is 28. The summed E-state index contributed by atoms with van der Waals surface area (Å²) in [6.45, 7) is 4.16. The molecule has 0 spiro atoms. The van der Waals surface area contributed by atoms with E-state index in [9.17, 15) is 19.0 Å². The van der Waals surface area contributed by atoms with Crippen molar-refractivity contribution < 1.29 is 42.1 Å². The number of hydrogen-bond donors (Lipinski definition) is 1. The highest BCUT2D eigenvalue weighted by Crippen LogP contribution is 2.43. The lowest BCUT2D eigenvalue weighted by Gasteiger charge is -2.24. The van der Waals surface area contributed by atoms with Crippen molar-refractivity contribution in [1.29, 1.82) is 0 Å². The van der Waals surface area contributed by atoms with E-state index < -0.39 is 26.5 Å². The predicted octanol–water partition coefficient (Wildman–Crippen LogP) is 21.4. The summed E-state index contributed by atoms with van der Waals surface area (Å²) in [5.74, 6) is -0.831. The Morgan fingerprint density at radius 2 is 0.643 bits per heavy atom. The van der Waals surface area contributed by atoms with Gasteiger partial charge < -0.3 is 18.9 Å². The summed E-state index contributed by atoms with van der Waals surface area (Å²) >= 11 is 0. The van der Waals surface area contributed by atoms with Crippen molar-refractivity contribution in [3.8, 4) is 0 Å². The quantitative estimate of drug-likeness (QED) is 0.0211. The Kier molecular flexibility index (Phi) is 59.4. The van der Waals surface area contributed by atoms with Gasteiger partial charge in [-0.15, -0.1) is 0 Å². The van der Waals surface area contributed by atoms with Crippen molar-refractivity contribution in [2.24, 2.45) is 0 Å². The molecule has 0 amide bonds. The summed E-state index contributed by atoms with van der Waals surface area (Å²) in [6, 6.07) is 0.